The van der Waals surface area contributed by atoms with E-state index in [9.17, 15) is 9.59 Å². The highest BCUT2D eigenvalue weighted by molar-refractivity contribution is 5.73. The van der Waals surface area contributed by atoms with E-state index in [4.69, 9.17) is 9.84 Å². The lowest BCUT2D eigenvalue weighted by Crippen LogP contribution is -2.52. The van der Waals surface area contributed by atoms with Gasteiger partial charge < -0.3 is 20.1 Å². The Kier molecular flexibility index (Phi) is 6.23. The van der Waals surface area contributed by atoms with Gasteiger partial charge in [-0.25, -0.2) is 4.79 Å². The Balaban J connectivity index is 2.60. The standard InChI is InChI=1S/C16H30N2O4/c1-6-12(13(19)20)17-10-16(5)8-7-9-18(11-16)14(21)22-15(2,3)4/h12,17H,6-11H2,1-5H3,(H,19,20). The van der Waals surface area contributed by atoms with Crippen LogP contribution in [0.25, 0.3) is 0 Å². The normalized spacial score (nSPS) is 24.0. The van der Waals surface area contributed by atoms with E-state index in [1.807, 2.05) is 27.7 Å². The summed E-state index contributed by atoms with van der Waals surface area (Å²) in [5, 5.41) is 12.2. The molecule has 0 aliphatic carbocycles. The van der Waals surface area contributed by atoms with Crippen LogP contribution in [0.1, 0.15) is 53.9 Å². The van der Waals surface area contributed by atoms with Crippen molar-refractivity contribution >= 4 is 12.1 Å². The Morgan fingerprint density at radius 3 is 2.55 bits per heavy atom. The van der Waals surface area contributed by atoms with E-state index < -0.39 is 17.6 Å². The number of aliphatic carboxylic acids is 1. The second kappa shape index (κ2) is 7.31. The van der Waals surface area contributed by atoms with Crippen molar-refractivity contribution in [1.82, 2.24) is 10.2 Å². The quantitative estimate of drug-likeness (QED) is 0.815. The summed E-state index contributed by atoms with van der Waals surface area (Å²) in [4.78, 5) is 25.0. The van der Waals surface area contributed by atoms with Gasteiger partial charge in [0, 0.05) is 19.6 Å². The number of carboxylic acid groups (broad SMARTS) is 1. The molecule has 1 rings (SSSR count). The van der Waals surface area contributed by atoms with Gasteiger partial charge in [-0.2, -0.15) is 0 Å². The predicted molar refractivity (Wildman–Crippen MR) is 84.9 cm³/mol. The Morgan fingerprint density at radius 2 is 2.05 bits per heavy atom. The Labute approximate surface area is 133 Å². The molecule has 1 saturated heterocycles. The van der Waals surface area contributed by atoms with Crippen LogP contribution in [-0.4, -0.2) is 53.3 Å². The van der Waals surface area contributed by atoms with Crippen molar-refractivity contribution in [2.75, 3.05) is 19.6 Å². The zero-order chi connectivity index (χ0) is 17.0. The number of rotatable bonds is 5. The molecule has 0 spiro atoms. The molecule has 1 aliphatic heterocycles. The molecule has 1 heterocycles. The summed E-state index contributed by atoms with van der Waals surface area (Å²) in [7, 11) is 0. The zero-order valence-corrected chi connectivity index (χ0v) is 14.4. The van der Waals surface area contributed by atoms with Crippen molar-refractivity contribution in [3.05, 3.63) is 0 Å². The molecule has 0 aromatic carbocycles. The molecule has 0 saturated carbocycles. The topological polar surface area (TPSA) is 78.9 Å². The van der Waals surface area contributed by atoms with E-state index in [0.29, 0.717) is 26.1 Å². The molecule has 0 aromatic heterocycles. The highest BCUT2D eigenvalue weighted by Gasteiger charge is 2.35. The number of hydrogen-bond donors (Lipinski definition) is 2. The fourth-order valence-corrected chi connectivity index (χ4v) is 2.72. The van der Waals surface area contributed by atoms with Crippen LogP contribution < -0.4 is 5.32 Å². The lowest BCUT2D eigenvalue weighted by Gasteiger charge is -2.41. The summed E-state index contributed by atoms with van der Waals surface area (Å²) in [5.74, 6) is -0.828. The smallest absolute Gasteiger partial charge is 0.410 e. The first-order chi connectivity index (χ1) is 10.1. The second-order valence-corrected chi connectivity index (χ2v) is 7.50. The van der Waals surface area contributed by atoms with Gasteiger partial charge >= 0.3 is 12.1 Å². The Hall–Kier alpha value is -1.30. The second-order valence-electron chi connectivity index (χ2n) is 7.50. The first-order valence-corrected chi connectivity index (χ1v) is 8.00. The van der Waals surface area contributed by atoms with Crippen LogP contribution >= 0.6 is 0 Å². The predicted octanol–water partition coefficient (Wildman–Crippen LogP) is 2.48. The average Bonchev–Trinajstić information content (AvgIpc) is 2.37. The van der Waals surface area contributed by atoms with Crippen LogP contribution in [0.5, 0.6) is 0 Å². The van der Waals surface area contributed by atoms with Gasteiger partial charge in [0.15, 0.2) is 0 Å². The van der Waals surface area contributed by atoms with Gasteiger partial charge in [-0.3, -0.25) is 4.79 Å². The number of nitrogens with one attached hydrogen (secondary N) is 1. The summed E-state index contributed by atoms with van der Waals surface area (Å²) in [6.07, 6.45) is 2.13. The van der Waals surface area contributed by atoms with Gasteiger partial charge in [0.1, 0.15) is 11.6 Å². The number of hydrogen-bond acceptors (Lipinski definition) is 4. The Bertz CT molecular complexity index is 405. The molecule has 2 atom stereocenters. The molecular formula is C16H30N2O4. The average molecular weight is 314 g/mol. The van der Waals surface area contributed by atoms with E-state index in [2.05, 4.69) is 12.2 Å². The van der Waals surface area contributed by atoms with Gasteiger partial charge in [0.2, 0.25) is 0 Å². The maximum Gasteiger partial charge on any atom is 0.410 e. The lowest BCUT2D eigenvalue weighted by molar-refractivity contribution is -0.139. The maximum absolute atomic E-state index is 12.2. The molecule has 1 aliphatic rings. The number of amides is 1. The van der Waals surface area contributed by atoms with Gasteiger partial charge in [0.25, 0.3) is 0 Å². The molecular weight excluding hydrogens is 284 g/mol. The number of nitrogens with zero attached hydrogens (tertiary/aromatic N) is 1. The monoisotopic (exact) mass is 314 g/mol. The Morgan fingerprint density at radius 1 is 1.41 bits per heavy atom. The molecule has 2 N–H and O–H groups in total. The van der Waals surface area contributed by atoms with Crippen molar-refractivity contribution in [2.24, 2.45) is 5.41 Å². The number of ether oxygens (including phenoxy) is 1. The first kappa shape index (κ1) is 18.7. The van der Waals surface area contributed by atoms with Gasteiger partial charge in [0.05, 0.1) is 0 Å². The van der Waals surface area contributed by atoms with E-state index in [1.54, 1.807) is 4.90 Å². The lowest BCUT2D eigenvalue weighted by atomic mass is 9.81. The summed E-state index contributed by atoms with van der Waals surface area (Å²) in [6, 6.07) is -0.534. The molecule has 0 radical (unpaired) electrons. The first-order valence-electron chi connectivity index (χ1n) is 8.00. The van der Waals surface area contributed by atoms with Crippen LogP contribution in [0.2, 0.25) is 0 Å². The van der Waals surface area contributed by atoms with Gasteiger partial charge in [-0.05, 0) is 45.4 Å². The summed E-state index contributed by atoms with van der Waals surface area (Å²) in [5.41, 5.74) is -0.627. The van der Waals surface area contributed by atoms with E-state index in [1.165, 1.54) is 0 Å². The molecule has 6 heteroatoms. The van der Waals surface area contributed by atoms with Crippen molar-refractivity contribution in [2.45, 2.75) is 65.5 Å². The molecule has 6 nitrogen and oxygen atoms in total. The van der Waals surface area contributed by atoms with Crippen LogP contribution in [0.3, 0.4) is 0 Å². The fraction of sp³-hybridized carbons (Fsp3) is 0.875. The van der Waals surface area contributed by atoms with Gasteiger partial charge in [-0.1, -0.05) is 13.8 Å². The number of carboxylic acids is 1. The highest BCUT2D eigenvalue weighted by Crippen LogP contribution is 2.29. The minimum absolute atomic E-state index is 0.127. The molecule has 1 fully saturated rings. The molecule has 0 aromatic rings. The van der Waals surface area contributed by atoms with Crippen LogP contribution in [0, 0.1) is 5.41 Å². The van der Waals surface area contributed by atoms with E-state index in [0.717, 1.165) is 12.8 Å². The molecule has 1 amide bonds. The van der Waals surface area contributed by atoms with Crippen LogP contribution in [0.15, 0.2) is 0 Å². The fourth-order valence-electron chi connectivity index (χ4n) is 2.72. The van der Waals surface area contributed by atoms with Crippen LogP contribution in [-0.2, 0) is 9.53 Å². The molecule has 128 valence electrons. The minimum atomic E-state index is -0.828. The molecule has 22 heavy (non-hydrogen) atoms. The number of carbonyl (C=O) groups is 2. The van der Waals surface area contributed by atoms with Crippen molar-refractivity contribution in [1.29, 1.82) is 0 Å². The summed E-state index contributed by atoms with van der Waals surface area (Å²) < 4.78 is 5.43. The number of carbonyl (C=O) groups excluding carboxylic acids is 1. The summed E-state index contributed by atoms with van der Waals surface area (Å²) >= 11 is 0. The van der Waals surface area contributed by atoms with E-state index in [-0.39, 0.29) is 11.5 Å². The minimum Gasteiger partial charge on any atom is -0.480 e. The SMILES string of the molecule is CCC(NCC1(C)CCCN(C(=O)OC(C)(C)C)C1)C(=O)O. The third kappa shape index (κ3) is 5.83. The van der Waals surface area contributed by atoms with E-state index >= 15 is 0 Å². The largest absolute Gasteiger partial charge is 0.480 e. The zero-order valence-electron chi connectivity index (χ0n) is 14.4. The molecule has 0 bridgehead atoms. The third-order valence-electron chi connectivity index (χ3n) is 3.91. The number of likely N-dealkylation sites (tertiary alicyclic amines) is 1. The highest BCUT2D eigenvalue weighted by atomic mass is 16.6. The number of piperidine rings is 1. The van der Waals surface area contributed by atoms with Crippen LogP contribution in [0.4, 0.5) is 4.79 Å². The third-order valence-corrected chi connectivity index (χ3v) is 3.91. The van der Waals surface area contributed by atoms with Crippen molar-refractivity contribution in [3.8, 4) is 0 Å². The van der Waals surface area contributed by atoms with Crippen molar-refractivity contribution < 1.29 is 19.4 Å². The van der Waals surface area contributed by atoms with Gasteiger partial charge in [-0.15, -0.1) is 0 Å². The maximum atomic E-state index is 12.2. The summed E-state index contributed by atoms with van der Waals surface area (Å²) in [6.45, 7) is 11.4. The molecule has 2 unspecified atom stereocenters. The van der Waals surface area contributed by atoms with Crippen molar-refractivity contribution in [3.63, 3.8) is 0 Å².